The predicted molar refractivity (Wildman–Crippen MR) is 72.0 cm³/mol. The molecular weight excluding hydrogens is 246 g/mol. The van der Waals surface area contributed by atoms with E-state index in [0.29, 0.717) is 23.6 Å². The van der Waals surface area contributed by atoms with Gasteiger partial charge in [0.15, 0.2) is 5.82 Å². The summed E-state index contributed by atoms with van der Waals surface area (Å²) in [6.07, 6.45) is 2.28. The van der Waals surface area contributed by atoms with Crippen molar-refractivity contribution in [3.8, 4) is 0 Å². The first-order valence-electron chi connectivity index (χ1n) is 5.87. The molecule has 0 bridgehead atoms. The monoisotopic (exact) mass is 261 g/mol. The van der Waals surface area contributed by atoms with Crippen molar-refractivity contribution in [2.45, 2.75) is 12.8 Å². The molecule has 7 heteroatoms. The SMILES string of the molecule is CN(C)c1ncccc1NC(=O)C1=NNC(=O)CC1. The van der Waals surface area contributed by atoms with Crippen LogP contribution in [0.5, 0.6) is 0 Å². The number of rotatable bonds is 3. The van der Waals surface area contributed by atoms with Gasteiger partial charge in [-0.1, -0.05) is 0 Å². The number of pyridine rings is 1. The summed E-state index contributed by atoms with van der Waals surface area (Å²) in [6.45, 7) is 0. The van der Waals surface area contributed by atoms with E-state index in [-0.39, 0.29) is 18.2 Å². The Morgan fingerprint density at radius 3 is 2.84 bits per heavy atom. The van der Waals surface area contributed by atoms with Gasteiger partial charge in [-0.15, -0.1) is 0 Å². The Bertz CT molecular complexity index is 539. The maximum absolute atomic E-state index is 12.0. The fourth-order valence-electron chi connectivity index (χ4n) is 1.68. The van der Waals surface area contributed by atoms with Crippen molar-refractivity contribution >= 4 is 29.0 Å². The second-order valence-electron chi connectivity index (χ2n) is 4.32. The molecule has 0 fully saturated rings. The first-order chi connectivity index (χ1) is 9.08. The molecule has 1 aromatic heterocycles. The third-order valence-corrected chi connectivity index (χ3v) is 2.63. The van der Waals surface area contributed by atoms with Crippen LogP contribution in [0, 0.1) is 0 Å². The van der Waals surface area contributed by atoms with E-state index in [1.165, 1.54) is 0 Å². The minimum absolute atomic E-state index is 0.174. The molecule has 0 radical (unpaired) electrons. The minimum atomic E-state index is -0.323. The lowest BCUT2D eigenvalue weighted by Gasteiger charge is -2.17. The quantitative estimate of drug-likeness (QED) is 0.822. The molecule has 0 aliphatic carbocycles. The van der Waals surface area contributed by atoms with Crippen molar-refractivity contribution in [1.82, 2.24) is 10.4 Å². The molecule has 0 atom stereocenters. The zero-order chi connectivity index (χ0) is 13.8. The molecular formula is C12H15N5O2. The summed E-state index contributed by atoms with van der Waals surface area (Å²) in [5.41, 5.74) is 3.22. The van der Waals surface area contributed by atoms with Gasteiger partial charge in [-0.05, 0) is 12.1 Å². The fourth-order valence-corrected chi connectivity index (χ4v) is 1.68. The zero-order valence-electron chi connectivity index (χ0n) is 10.8. The van der Waals surface area contributed by atoms with Crippen molar-refractivity contribution in [2.24, 2.45) is 5.10 Å². The predicted octanol–water partition coefficient (Wildman–Crippen LogP) is 0.352. The van der Waals surface area contributed by atoms with Gasteiger partial charge in [0, 0.05) is 33.1 Å². The van der Waals surface area contributed by atoms with Crippen molar-refractivity contribution in [2.75, 3.05) is 24.3 Å². The number of hydrogen-bond acceptors (Lipinski definition) is 5. The molecule has 2 amide bonds. The molecule has 100 valence electrons. The van der Waals surface area contributed by atoms with Crippen LogP contribution in [0.15, 0.2) is 23.4 Å². The number of carbonyl (C=O) groups is 2. The molecule has 7 nitrogen and oxygen atoms in total. The Labute approximate surface area is 110 Å². The molecule has 0 unspecified atom stereocenters. The highest BCUT2D eigenvalue weighted by Gasteiger charge is 2.19. The lowest BCUT2D eigenvalue weighted by Crippen LogP contribution is -2.33. The Hall–Kier alpha value is -2.44. The van der Waals surface area contributed by atoms with E-state index in [1.54, 1.807) is 23.2 Å². The van der Waals surface area contributed by atoms with E-state index in [1.807, 2.05) is 14.1 Å². The number of amides is 2. The summed E-state index contributed by atoms with van der Waals surface area (Å²) in [7, 11) is 3.69. The van der Waals surface area contributed by atoms with Crippen LogP contribution < -0.4 is 15.6 Å². The molecule has 0 spiro atoms. The number of hydrogen-bond donors (Lipinski definition) is 2. The standard InChI is InChI=1S/C12H15N5O2/c1-17(2)11-8(4-3-7-13-11)14-12(19)9-5-6-10(18)16-15-9/h3-4,7H,5-6H2,1-2H3,(H,14,19)(H,16,18). The Balaban J connectivity index is 2.13. The Morgan fingerprint density at radius 2 is 2.21 bits per heavy atom. The number of hydrazone groups is 1. The third-order valence-electron chi connectivity index (χ3n) is 2.63. The number of carbonyl (C=O) groups excluding carboxylic acids is 2. The lowest BCUT2D eigenvalue weighted by atomic mass is 10.1. The summed E-state index contributed by atoms with van der Waals surface area (Å²) in [5.74, 6) is 0.166. The molecule has 19 heavy (non-hydrogen) atoms. The van der Waals surface area contributed by atoms with Gasteiger partial charge in [0.1, 0.15) is 5.71 Å². The van der Waals surface area contributed by atoms with Crippen LogP contribution in [0.1, 0.15) is 12.8 Å². The highest BCUT2D eigenvalue weighted by atomic mass is 16.2. The van der Waals surface area contributed by atoms with Crippen molar-refractivity contribution < 1.29 is 9.59 Å². The van der Waals surface area contributed by atoms with Crippen molar-refractivity contribution in [3.05, 3.63) is 18.3 Å². The van der Waals surface area contributed by atoms with E-state index in [4.69, 9.17) is 0 Å². The third kappa shape index (κ3) is 3.06. The van der Waals surface area contributed by atoms with Gasteiger partial charge >= 0.3 is 0 Å². The molecule has 2 N–H and O–H groups in total. The van der Waals surface area contributed by atoms with Gasteiger partial charge in [-0.2, -0.15) is 5.10 Å². The van der Waals surface area contributed by atoms with Gasteiger partial charge in [-0.25, -0.2) is 10.4 Å². The molecule has 0 aromatic carbocycles. The van der Waals surface area contributed by atoms with E-state index < -0.39 is 0 Å². The maximum Gasteiger partial charge on any atom is 0.271 e. The van der Waals surface area contributed by atoms with Gasteiger partial charge in [-0.3, -0.25) is 9.59 Å². The van der Waals surface area contributed by atoms with Crippen LogP contribution >= 0.6 is 0 Å². The second-order valence-corrected chi connectivity index (χ2v) is 4.32. The van der Waals surface area contributed by atoms with Crippen LogP contribution in [-0.4, -0.2) is 36.6 Å². The molecule has 2 heterocycles. The van der Waals surface area contributed by atoms with E-state index in [0.717, 1.165) is 0 Å². The van der Waals surface area contributed by atoms with Crippen LogP contribution in [0.25, 0.3) is 0 Å². The highest BCUT2D eigenvalue weighted by molar-refractivity contribution is 6.43. The smallest absolute Gasteiger partial charge is 0.271 e. The second kappa shape index (κ2) is 5.47. The normalized spacial score (nSPS) is 14.4. The molecule has 0 saturated carbocycles. The summed E-state index contributed by atoms with van der Waals surface area (Å²) in [4.78, 5) is 29.0. The molecule has 1 aromatic rings. The van der Waals surface area contributed by atoms with E-state index in [9.17, 15) is 9.59 Å². The Morgan fingerprint density at radius 1 is 1.42 bits per heavy atom. The van der Waals surface area contributed by atoms with Gasteiger partial charge < -0.3 is 10.2 Å². The number of nitrogens with one attached hydrogen (secondary N) is 2. The zero-order valence-corrected chi connectivity index (χ0v) is 10.8. The van der Waals surface area contributed by atoms with Gasteiger partial charge in [0.2, 0.25) is 5.91 Å². The molecule has 2 rings (SSSR count). The minimum Gasteiger partial charge on any atom is -0.361 e. The highest BCUT2D eigenvalue weighted by Crippen LogP contribution is 2.20. The average Bonchev–Trinajstić information content (AvgIpc) is 2.39. The van der Waals surface area contributed by atoms with E-state index >= 15 is 0 Å². The van der Waals surface area contributed by atoms with Crippen LogP contribution in [0.2, 0.25) is 0 Å². The lowest BCUT2D eigenvalue weighted by molar-refractivity contribution is -0.121. The van der Waals surface area contributed by atoms with Crippen molar-refractivity contribution in [1.29, 1.82) is 0 Å². The maximum atomic E-state index is 12.0. The Kier molecular flexibility index (Phi) is 3.74. The summed E-state index contributed by atoms with van der Waals surface area (Å²) in [5, 5.41) is 6.50. The molecule has 1 aliphatic heterocycles. The molecule has 0 saturated heterocycles. The largest absolute Gasteiger partial charge is 0.361 e. The topological polar surface area (TPSA) is 86.7 Å². The fraction of sp³-hybridized carbons (Fsp3) is 0.333. The first-order valence-corrected chi connectivity index (χ1v) is 5.87. The van der Waals surface area contributed by atoms with Gasteiger partial charge in [0.05, 0.1) is 5.69 Å². The average molecular weight is 261 g/mol. The van der Waals surface area contributed by atoms with Gasteiger partial charge in [0.25, 0.3) is 5.91 Å². The van der Waals surface area contributed by atoms with Crippen molar-refractivity contribution in [3.63, 3.8) is 0 Å². The van der Waals surface area contributed by atoms with Crippen LogP contribution in [0.3, 0.4) is 0 Å². The number of aromatic nitrogens is 1. The summed E-state index contributed by atoms with van der Waals surface area (Å²) in [6, 6.07) is 3.51. The number of anilines is 2. The van der Waals surface area contributed by atoms with Crippen LogP contribution in [-0.2, 0) is 9.59 Å². The molecule has 1 aliphatic rings. The summed E-state index contributed by atoms with van der Waals surface area (Å²) < 4.78 is 0. The summed E-state index contributed by atoms with van der Waals surface area (Å²) >= 11 is 0. The van der Waals surface area contributed by atoms with Crippen LogP contribution in [0.4, 0.5) is 11.5 Å². The number of nitrogens with zero attached hydrogens (tertiary/aromatic N) is 3. The first kappa shape index (κ1) is 13.0. The van der Waals surface area contributed by atoms with E-state index in [2.05, 4.69) is 20.8 Å².